The summed E-state index contributed by atoms with van der Waals surface area (Å²) in [5, 5.41) is 4.19. The fourth-order valence-electron chi connectivity index (χ4n) is 1.02. The van der Waals surface area contributed by atoms with Gasteiger partial charge in [-0.2, -0.15) is 5.10 Å². The molecule has 1 aromatic heterocycles. The molecule has 0 aromatic carbocycles. The topological polar surface area (TPSA) is 44.1 Å². The van der Waals surface area contributed by atoms with E-state index in [-0.39, 0.29) is 5.97 Å². The Kier molecular flexibility index (Phi) is 3.91. The summed E-state index contributed by atoms with van der Waals surface area (Å²) in [4.78, 5) is 11.3. The number of aromatic nitrogens is 2. The van der Waals surface area contributed by atoms with Crippen LogP contribution in [0.5, 0.6) is 0 Å². The molecule has 0 N–H and O–H groups in total. The molecule has 0 saturated heterocycles. The molecule has 0 amide bonds. The molecule has 0 radical (unpaired) electrons. The molecule has 0 fully saturated rings. The van der Waals surface area contributed by atoms with Crippen LogP contribution in [0.2, 0.25) is 0 Å². The second-order valence-corrected chi connectivity index (χ2v) is 4.22. The zero-order valence-electron chi connectivity index (χ0n) is 8.45. The minimum absolute atomic E-state index is 0.307. The summed E-state index contributed by atoms with van der Waals surface area (Å²) in [5.74, 6) is -0.378. The number of hydrogen-bond donors (Lipinski definition) is 0. The van der Waals surface area contributed by atoms with Crippen LogP contribution in [0.3, 0.4) is 0 Å². The van der Waals surface area contributed by atoms with Gasteiger partial charge in [0.2, 0.25) is 0 Å². The van der Waals surface area contributed by atoms with Crippen LogP contribution < -0.4 is 0 Å². The van der Waals surface area contributed by atoms with Crippen LogP contribution in [-0.2, 0) is 4.74 Å². The van der Waals surface area contributed by atoms with Crippen molar-refractivity contribution in [3.05, 3.63) is 15.5 Å². The Morgan fingerprint density at radius 3 is 2.93 bits per heavy atom. The highest BCUT2D eigenvalue weighted by Gasteiger charge is 2.16. The standard InChI is InChI=1S/C9H13IN2O2/c1-4-6(2)12-5-7(10)8(11-12)9(13)14-3/h5-6H,4H2,1-3H3/t6-/m1/s1. The quantitative estimate of drug-likeness (QED) is 0.635. The van der Waals surface area contributed by atoms with Crippen LogP contribution in [0.25, 0.3) is 0 Å². The van der Waals surface area contributed by atoms with Crippen molar-refractivity contribution in [3.63, 3.8) is 0 Å². The summed E-state index contributed by atoms with van der Waals surface area (Å²) in [5.41, 5.74) is 0.397. The number of rotatable bonds is 3. The molecular weight excluding hydrogens is 295 g/mol. The van der Waals surface area contributed by atoms with Gasteiger partial charge >= 0.3 is 5.97 Å². The molecule has 78 valence electrons. The van der Waals surface area contributed by atoms with Crippen LogP contribution in [0.4, 0.5) is 0 Å². The van der Waals surface area contributed by atoms with Gasteiger partial charge in [-0.3, -0.25) is 4.68 Å². The Labute approximate surface area is 96.8 Å². The van der Waals surface area contributed by atoms with Gasteiger partial charge in [0.1, 0.15) is 0 Å². The lowest BCUT2D eigenvalue weighted by Crippen LogP contribution is -2.08. The molecule has 1 atom stereocenters. The molecule has 1 rings (SSSR count). The van der Waals surface area contributed by atoms with Crippen molar-refractivity contribution in [2.45, 2.75) is 26.3 Å². The number of nitrogens with zero attached hydrogens (tertiary/aromatic N) is 2. The lowest BCUT2D eigenvalue weighted by atomic mass is 10.3. The van der Waals surface area contributed by atoms with E-state index in [1.807, 2.05) is 6.20 Å². The first-order chi connectivity index (χ1) is 6.60. The van der Waals surface area contributed by atoms with E-state index in [0.29, 0.717) is 11.7 Å². The fraction of sp³-hybridized carbons (Fsp3) is 0.556. The number of hydrogen-bond acceptors (Lipinski definition) is 3. The highest BCUT2D eigenvalue weighted by Crippen LogP contribution is 2.16. The van der Waals surface area contributed by atoms with Crippen molar-refractivity contribution in [3.8, 4) is 0 Å². The van der Waals surface area contributed by atoms with Crippen LogP contribution in [0, 0.1) is 3.57 Å². The molecule has 0 aliphatic carbocycles. The Hall–Kier alpha value is -0.590. The van der Waals surface area contributed by atoms with Gasteiger partial charge in [-0.1, -0.05) is 6.92 Å². The minimum Gasteiger partial charge on any atom is -0.464 e. The number of esters is 1. The third kappa shape index (κ3) is 2.26. The van der Waals surface area contributed by atoms with E-state index in [1.54, 1.807) is 4.68 Å². The predicted molar refractivity (Wildman–Crippen MR) is 61.3 cm³/mol. The summed E-state index contributed by atoms with van der Waals surface area (Å²) in [6.07, 6.45) is 2.85. The van der Waals surface area contributed by atoms with E-state index in [2.05, 4.69) is 46.3 Å². The molecule has 14 heavy (non-hydrogen) atoms. The Bertz CT molecular complexity index is 336. The number of carbonyl (C=O) groups excluding carboxylic acids is 1. The summed E-state index contributed by atoms with van der Waals surface area (Å²) >= 11 is 2.09. The van der Waals surface area contributed by atoms with Crippen molar-refractivity contribution in [1.82, 2.24) is 9.78 Å². The summed E-state index contributed by atoms with van der Waals surface area (Å²) in [6, 6.07) is 0.307. The minimum atomic E-state index is -0.378. The summed E-state index contributed by atoms with van der Waals surface area (Å²) in [7, 11) is 1.36. The second kappa shape index (κ2) is 4.77. The largest absolute Gasteiger partial charge is 0.464 e. The molecule has 0 unspecified atom stereocenters. The highest BCUT2D eigenvalue weighted by atomic mass is 127. The smallest absolute Gasteiger partial charge is 0.359 e. The van der Waals surface area contributed by atoms with Gasteiger partial charge < -0.3 is 4.74 Å². The van der Waals surface area contributed by atoms with Gasteiger partial charge in [0.15, 0.2) is 5.69 Å². The molecule has 1 aromatic rings. The SMILES string of the molecule is CC[C@@H](C)n1cc(I)c(C(=O)OC)n1. The molecule has 0 saturated carbocycles. The zero-order chi connectivity index (χ0) is 10.7. The normalized spacial score (nSPS) is 12.6. The lowest BCUT2D eigenvalue weighted by molar-refractivity contribution is 0.0591. The van der Waals surface area contributed by atoms with Gasteiger partial charge in [0.05, 0.1) is 10.7 Å². The molecule has 5 heteroatoms. The van der Waals surface area contributed by atoms with Crippen LogP contribution in [-0.4, -0.2) is 22.9 Å². The number of ether oxygens (including phenoxy) is 1. The number of halogens is 1. The maximum Gasteiger partial charge on any atom is 0.359 e. The average Bonchev–Trinajstić information content (AvgIpc) is 2.58. The number of carbonyl (C=O) groups is 1. The Morgan fingerprint density at radius 1 is 1.79 bits per heavy atom. The summed E-state index contributed by atoms with van der Waals surface area (Å²) < 4.78 is 7.25. The van der Waals surface area contributed by atoms with Crippen LogP contribution in [0.15, 0.2) is 6.20 Å². The molecule has 0 aliphatic rings. The van der Waals surface area contributed by atoms with Crippen molar-refractivity contribution >= 4 is 28.6 Å². The molecule has 0 bridgehead atoms. The monoisotopic (exact) mass is 308 g/mol. The van der Waals surface area contributed by atoms with E-state index in [1.165, 1.54) is 7.11 Å². The first kappa shape index (κ1) is 11.5. The van der Waals surface area contributed by atoms with E-state index < -0.39 is 0 Å². The van der Waals surface area contributed by atoms with E-state index >= 15 is 0 Å². The Morgan fingerprint density at radius 2 is 2.43 bits per heavy atom. The van der Waals surface area contributed by atoms with Gasteiger partial charge in [-0.15, -0.1) is 0 Å². The van der Waals surface area contributed by atoms with Gasteiger partial charge in [0.25, 0.3) is 0 Å². The van der Waals surface area contributed by atoms with Gasteiger partial charge in [-0.25, -0.2) is 4.79 Å². The third-order valence-electron chi connectivity index (χ3n) is 2.11. The summed E-state index contributed by atoms with van der Waals surface area (Å²) in [6.45, 7) is 4.14. The van der Waals surface area contributed by atoms with Gasteiger partial charge in [-0.05, 0) is 35.9 Å². The predicted octanol–water partition coefficient (Wildman–Crippen LogP) is 2.25. The Balaban J connectivity index is 2.98. The highest BCUT2D eigenvalue weighted by molar-refractivity contribution is 14.1. The first-order valence-electron chi connectivity index (χ1n) is 4.43. The van der Waals surface area contributed by atoms with Crippen molar-refractivity contribution in [1.29, 1.82) is 0 Å². The average molecular weight is 308 g/mol. The van der Waals surface area contributed by atoms with Crippen molar-refractivity contribution < 1.29 is 9.53 Å². The second-order valence-electron chi connectivity index (χ2n) is 3.05. The first-order valence-corrected chi connectivity index (χ1v) is 5.51. The van der Waals surface area contributed by atoms with Gasteiger partial charge in [0, 0.05) is 12.2 Å². The molecule has 1 heterocycles. The fourth-order valence-corrected chi connectivity index (χ4v) is 1.63. The molecule has 4 nitrogen and oxygen atoms in total. The van der Waals surface area contributed by atoms with Crippen LogP contribution >= 0.6 is 22.6 Å². The van der Waals surface area contributed by atoms with Crippen molar-refractivity contribution in [2.75, 3.05) is 7.11 Å². The maximum absolute atomic E-state index is 11.3. The molecule has 0 spiro atoms. The lowest BCUT2D eigenvalue weighted by Gasteiger charge is -2.07. The number of methoxy groups -OCH3 is 1. The maximum atomic E-state index is 11.3. The molecule has 0 aliphatic heterocycles. The van der Waals surface area contributed by atoms with E-state index in [4.69, 9.17) is 0 Å². The molecular formula is C9H13IN2O2. The third-order valence-corrected chi connectivity index (χ3v) is 2.90. The van der Waals surface area contributed by atoms with E-state index in [0.717, 1.165) is 9.99 Å². The van der Waals surface area contributed by atoms with Crippen molar-refractivity contribution in [2.24, 2.45) is 0 Å². The van der Waals surface area contributed by atoms with Crippen LogP contribution in [0.1, 0.15) is 36.8 Å². The zero-order valence-corrected chi connectivity index (χ0v) is 10.6. The van der Waals surface area contributed by atoms with E-state index in [9.17, 15) is 4.79 Å².